The van der Waals surface area contributed by atoms with Crippen molar-refractivity contribution in [2.24, 2.45) is 11.7 Å². The topological polar surface area (TPSA) is 88.3 Å². The summed E-state index contributed by atoms with van der Waals surface area (Å²) in [5.41, 5.74) is 9.10. The number of rotatable bonds is 3. The Balaban J connectivity index is 1.76. The first-order chi connectivity index (χ1) is 12.0. The summed E-state index contributed by atoms with van der Waals surface area (Å²) in [5.74, 6) is -0.602. The molecule has 1 aliphatic rings. The Labute approximate surface area is 147 Å². The van der Waals surface area contributed by atoms with Gasteiger partial charge >= 0.3 is 6.03 Å². The molecule has 6 heteroatoms. The van der Waals surface area contributed by atoms with Crippen LogP contribution in [0.25, 0.3) is 11.1 Å². The van der Waals surface area contributed by atoms with E-state index in [1.54, 1.807) is 17.3 Å². The van der Waals surface area contributed by atoms with Crippen LogP contribution in [0.3, 0.4) is 0 Å². The van der Waals surface area contributed by atoms with Crippen LogP contribution >= 0.6 is 0 Å². The van der Waals surface area contributed by atoms with Gasteiger partial charge in [0.05, 0.1) is 5.92 Å². The van der Waals surface area contributed by atoms with Crippen molar-refractivity contribution in [1.82, 2.24) is 9.88 Å². The number of aromatic nitrogens is 1. The van der Waals surface area contributed by atoms with Gasteiger partial charge in [0.15, 0.2) is 0 Å². The van der Waals surface area contributed by atoms with Gasteiger partial charge in [-0.2, -0.15) is 0 Å². The van der Waals surface area contributed by atoms with Gasteiger partial charge in [0.2, 0.25) is 5.91 Å². The number of benzene rings is 1. The molecular weight excluding hydrogens is 316 g/mol. The van der Waals surface area contributed by atoms with Crippen LogP contribution in [0.5, 0.6) is 0 Å². The number of urea groups is 1. The first-order valence-corrected chi connectivity index (χ1v) is 8.41. The Morgan fingerprint density at radius 1 is 1.28 bits per heavy atom. The van der Waals surface area contributed by atoms with E-state index in [4.69, 9.17) is 5.73 Å². The number of hydrogen-bond acceptors (Lipinski definition) is 3. The van der Waals surface area contributed by atoms with E-state index >= 15 is 0 Å². The smallest absolute Gasteiger partial charge is 0.321 e. The molecule has 0 radical (unpaired) electrons. The van der Waals surface area contributed by atoms with E-state index < -0.39 is 0 Å². The van der Waals surface area contributed by atoms with Crippen molar-refractivity contribution in [2.75, 3.05) is 18.4 Å². The number of aryl methyl sites for hydroxylation is 1. The molecular formula is C19H22N4O2. The van der Waals surface area contributed by atoms with Crippen LogP contribution in [-0.2, 0) is 4.79 Å². The summed E-state index contributed by atoms with van der Waals surface area (Å²) in [7, 11) is 0. The highest BCUT2D eigenvalue weighted by Crippen LogP contribution is 2.25. The van der Waals surface area contributed by atoms with Crippen LogP contribution in [0, 0.1) is 12.8 Å². The van der Waals surface area contributed by atoms with E-state index in [-0.39, 0.29) is 17.9 Å². The Bertz CT molecular complexity index is 776. The molecule has 0 bridgehead atoms. The van der Waals surface area contributed by atoms with Crippen LogP contribution in [0.1, 0.15) is 18.4 Å². The van der Waals surface area contributed by atoms with Crippen LogP contribution < -0.4 is 11.1 Å². The molecule has 1 atom stereocenters. The SMILES string of the molecule is Cc1ccc(-c2cccnc2)cc1NC(=O)N1CCC[C@H](C(N)=O)C1. The van der Waals surface area contributed by atoms with Crippen LogP contribution in [0.2, 0.25) is 0 Å². The van der Waals surface area contributed by atoms with Gasteiger partial charge in [-0.3, -0.25) is 9.78 Å². The Morgan fingerprint density at radius 2 is 2.12 bits per heavy atom. The predicted octanol–water partition coefficient (Wildman–Crippen LogP) is 2.79. The molecule has 3 N–H and O–H groups in total. The van der Waals surface area contributed by atoms with Gasteiger partial charge in [-0.05, 0) is 43.0 Å². The maximum Gasteiger partial charge on any atom is 0.321 e. The highest BCUT2D eigenvalue weighted by Gasteiger charge is 2.27. The van der Waals surface area contributed by atoms with E-state index in [1.165, 1.54) is 0 Å². The minimum atomic E-state index is -0.341. The molecule has 25 heavy (non-hydrogen) atoms. The van der Waals surface area contributed by atoms with Gasteiger partial charge in [-0.25, -0.2) is 4.79 Å². The van der Waals surface area contributed by atoms with Gasteiger partial charge in [0.1, 0.15) is 0 Å². The van der Waals surface area contributed by atoms with E-state index in [0.717, 1.165) is 35.2 Å². The van der Waals surface area contributed by atoms with Crippen molar-refractivity contribution in [3.63, 3.8) is 0 Å². The number of nitrogens with two attached hydrogens (primary N) is 1. The van der Waals surface area contributed by atoms with E-state index in [9.17, 15) is 9.59 Å². The standard InChI is InChI=1S/C19H22N4O2/c1-13-6-7-14(15-4-2-8-21-11-15)10-17(13)22-19(25)23-9-3-5-16(12-23)18(20)24/h2,4,6-8,10-11,16H,3,5,9,12H2,1H3,(H2,20,24)(H,22,25)/t16-/m0/s1. The third-order valence-electron chi connectivity index (χ3n) is 4.59. The number of carbonyl (C=O) groups excluding carboxylic acids is 2. The maximum absolute atomic E-state index is 12.6. The third-order valence-corrected chi connectivity index (χ3v) is 4.59. The fourth-order valence-electron chi connectivity index (χ4n) is 3.06. The number of hydrogen-bond donors (Lipinski definition) is 2. The van der Waals surface area contributed by atoms with E-state index in [1.807, 2.05) is 37.3 Å². The number of carbonyl (C=O) groups is 2. The second kappa shape index (κ2) is 7.34. The Kier molecular flexibility index (Phi) is 4.97. The first-order valence-electron chi connectivity index (χ1n) is 8.41. The number of piperidine rings is 1. The molecule has 1 saturated heterocycles. The van der Waals surface area contributed by atoms with Crippen LogP contribution in [0.4, 0.5) is 10.5 Å². The molecule has 3 rings (SSSR count). The molecule has 6 nitrogen and oxygen atoms in total. The zero-order valence-corrected chi connectivity index (χ0v) is 14.2. The summed E-state index contributed by atoms with van der Waals surface area (Å²) in [4.78, 5) is 29.8. The lowest BCUT2D eigenvalue weighted by atomic mass is 9.98. The lowest BCUT2D eigenvalue weighted by molar-refractivity contribution is -0.123. The molecule has 0 aliphatic carbocycles. The largest absolute Gasteiger partial charge is 0.369 e. The normalized spacial score (nSPS) is 17.2. The summed E-state index contributed by atoms with van der Waals surface area (Å²) >= 11 is 0. The molecule has 0 saturated carbocycles. The fourth-order valence-corrected chi connectivity index (χ4v) is 3.06. The van der Waals surface area contributed by atoms with E-state index in [2.05, 4.69) is 10.3 Å². The summed E-state index contributed by atoms with van der Waals surface area (Å²) in [6.07, 6.45) is 5.05. The number of primary amides is 1. The van der Waals surface area contributed by atoms with E-state index in [0.29, 0.717) is 13.1 Å². The highest BCUT2D eigenvalue weighted by molar-refractivity contribution is 5.91. The van der Waals surface area contributed by atoms with Gasteiger partial charge < -0.3 is 16.0 Å². The second-order valence-corrected chi connectivity index (χ2v) is 6.39. The van der Waals surface area contributed by atoms with Crippen molar-refractivity contribution < 1.29 is 9.59 Å². The molecule has 130 valence electrons. The third kappa shape index (κ3) is 3.96. The molecule has 1 fully saturated rings. The molecule has 1 aromatic heterocycles. The Morgan fingerprint density at radius 3 is 2.84 bits per heavy atom. The quantitative estimate of drug-likeness (QED) is 0.902. The van der Waals surface area contributed by atoms with Gasteiger partial charge in [-0.15, -0.1) is 0 Å². The minimum absolute atomic E-state index is 0.197. The van der Waals surface area contributed by atoms with Crippen molar-refractivity contribution in [3.8, 4) is 11.1 Å². The zero-order valence-electron chi connectivity index (χ0n) is 14.2. The van der Waals surface area contributed by atoms with Crippen LogP contribution in [0.15, 0.2) is 42.7 Å². The monoisotopic (exact) mass is 338 g/mol. The minimum Gasteiger partial charge on any atom is -0.369 e. The number of pyridine rings is 1. The zero-order chi connectivity index (χ0) is 17.8. The lowest BCUT2D eigenvalue weighted by Crippen LogP contribution is -2.45. The van der Waals surface area contributed by atoms with Crippen molar-refractivity contribution in [1.29, 1.82) is 0 Å². The number of nitrogens with zero attached hydrogens (tertiary/aromatic N) is 2. The van der Waals surface area contributed by atoms with Crippen LogP contribution in [-0.4, -0.2) is 34.9 Å². The summed E-state index contributed by atoms with van der Waals surface area (Å²) < 4.78 is 0. The number of amides is 3. The van der Waals surface area contributed by atoms with Gasteiger partial charge in [0.25, 0.3) is 0 Å². The summed E-state index contributed by atoms with van der Waals surface area (Å²) in [6.45, 7) is 2.96. The Hall–Kier alpha value is -2.89. The maximum atomic E-state index is 12.6. The molecule has 3 amide bonds. The number of nitrogens with one attached hydrogen (secondary N) is 1. The molecule has 2 aromatic rings. The second-order valence-electron chi connectivity index (χ2n) is 6.39. The van der Waals surface area contributed by atoms with Crippen molar-refractivity contribution in [3.05, 3.63) is 48.3 Å². The summed E-state index contributed by atoms with van der Waals surface area (Å²) in [6, 6.07) is 9.58. The molecule has 0 spiro atoms. The number of likely N-dealkylation sites (tertiary alicyclic amines) is 1. The summed E-state index contributed by atoms with van der Waals surface area (Å²) in [5, 5.41) is 2.96. The average Bonchev–Trinajstić information content (AvgIpc) is 2.64. The van der Waals surface area contributed by atoms with Gasteiger partial charge in [-0.1, -0.05) is 18.2 Å². The molecule has 1 aliphatic heterocycles. The highest BCUT2D eigenvalue weighted by atomic mass is 16.2. The predicted molar refractivity (Wildman–Crippen MR) is 96.9 cm³/mol. The molecule has 0 unspecified atom stereocenters. The molecule has 2 heterocycles. The average molecular weight is 338 g/mol. The fraction of sp³-hybridized carbons (Fsp3) is 0.316. The lowest BCUT2D eigenvalue weighted by Gasteiger charge is -2.31. The van der Waals surface area contributed by atoms with Gasteiger partial charge in [0, 0.05) is 36.7 Å². The first kappa shape index (κ1) is 17.0. The van der Waals surface area contributed by atoms with Crippen molar-refractivity contribution >= 4 is 17.6 Å². The van der Waals surface area contributed by atoms with Crippen molar-refractivity contribution in [2.45, 2.75) is 19.8 Å². The molecule has 1 aromatic carbocycles. The number of anilines is 1.